The van der Waals surface area contributed by atoms with Crippen molar-refractivity contribution in [2.75, 3.05) is 0 Å². The van der Waals surface area contributed by atoms with E-state index in [1.54, 1.807) is 10.4 Å². The molecule has 0 saturated carbocycles. The zero-order valence-electron chi connectivity index (χ0n) is 24.8. The van der Waals surface area contributed by atoms with E-state index in [0.29, 0.717) is 0 Å². The molecule has 3 heterocycles. The van der Waals surface area contributed by atoms with Crippen molar-refractivity contribution in [1.29, 1.82) is 0 Å². The van der Waals surface area contributed by atoms with Crippen LogP contribution in [0.5, 0.6) is 0 Å². The van der Waals surface area contributed by atoms with Crippen LogP contribution < -0.4 is 0 Å². The SMILES string of the molecule is CC=Cc1ccc(C2=C(c3ccccc3)C(c3ccccc3)=C(c3cccs3)[Si]2(Cc2ccccc2)Cc2ccccc2)s1. The summed E-state index contributed by atoms with van der Waals surface area (Å²) in [7, 11) is -2.56. The highest BCUT2D eigenvalue weighted by atomic mass is 32.1. The van der Waals surface area contributed by atoms with Crippen LogP contribution in [0.3, 0.4) is 0 Å². The molecule has 0 spiro atoms. The van der Waals surface area contributed by atoms with Crippen LogP contribution in [-0.4, -0.2) is 8.07 Å². The minimum absolute atomic E-state index is 1.04. The maximum absolute atomic E-state index is 2.56. The summed E-state index contributed by atoms with van der Waals surface area (Å²) in [5.74, 6) is 0. The Kier molecular flexibility index (Phi) is 8.26. The fourth-order valence-electron chi connectivity index (χ4n) is 6.83. The Balaban J connectivity index is 1.65. The molecule has 1 aliphatic heterocycles. The highest BCUT2D eigenvalue weighted by Crippen LogP contribution is 2.58. The van der Waals surface area contributed by atoms with Gasteiger partial charge in [-0.1, -0.05) is 145 Å². The van der Waals surface area contributed by atoms with Gasteiger partial charge in [0, 0.05) is 14.6 Å². The summed E-state index contributed by atoms with van der Waals surface area (Å²) in [5, 5.41) is 5.39. The van der Waals surface area contributed by atoms with Gasteiger partial charge in [-0.3, -0.25) is 0 Å². The Hall–Kier alpha value is -4.28. The Morgan fingerprint density at radius 1 is 0.523 bits per heavy atom. The van der Waals surface area contributed by atoms with Crippen LogP contribution in [-0.2, 0) is 12.1 Å². The summed E-state index contributed by atoms with van der Waals surface area (Å²) in [4.78, 5) is 4.10. The predicted molar refractivity (Wildman–Crippen MR) is 196 cm³/mol. The number of rotatable bonds is 9. The first kappa shape index (κ1) is 28.5. The van der Waals surface area contributed by atoms with Crippen molar-refractivity contribution in [1.82, 2.24) is 0 Å². The van der Waals surface area contributed by atoms with E-state index < -0.39 is 8.07 Å². The molecule has 0 N–H and O–H groups in total. The molecular formula is C41H34S2Si. The third-order valence-electron chi connectivity index (χ3n) is 8.50. The molecule has 7 rings (SSSR count). The number of benzene rings is 4. The molecule has 3 heteroatoms. The first-order chi connectivity index (χ1) is 21.8. The van der Waals surface area contributed by atoms with E-state index in [1.165, 1.54) is 48.0 Å². The van der Waals surface area contributed by atoms with Gasteiger partial charge in [-0.05, 0) is 81.3 Å². The molecule has 0 fully saturated rings. The molecule has 214 valence electrons. The molecular weight excluding hydrogens is 585 g/mol. The van der Waals surface area contributed by atoms with Crippen LogP contribution >= 0.6 is 22.7 Å². The van der Waals surface area contributed by atoms with Crippen molar-refractivity contribution < 1.29 is 0 Å². The van der Waals surface area contributed by atoms with Gasteiger partial charge >= 0.3 is 0 Å². The number of allylic oxidation sites excluding steroid dienone is 3. The van der Waals surface area contributed by atoms with Crippen LogP contribution in [0.15, 0.2) is 157 Å². The average molecular weight is 619 g/mol. The molecule has 1 aliphatic rings. The third-order valence-corrected chi connectivity index (χ3v) is 15.8. The number of hydrogen-bond donors (Lipinski definition) is 0. The van der Waals surface area contributed by atoms with Gasteiger partial charge in [0.05, 0.1) is 0 Å². The van der Waals surface area contributed by atoms with Gasteiger partial charge in [0.1, 0.15) is 8.07 Å². The quantitative estimate of drug-likeness (QED) is 0.141. The lowest BCUT2D eigenvalue weighted by atomic mass is 9.91. The maximum Gasteiger partial charge on any atom is 0.131 e. The first-order valence-electron chi connectivity index (χ1n) is 15.2. The minimum Gasteiger partial charge on any atom is -0.145 e. The fraction of sp³-hybridized carbons (Fsp3) is 0.0732. The molecule has 0 radical (unpaired) electrons. The summed E-state index contributed by atoms with van der Waals surface area (Å²) in [6.45, 7) is 2.11. The van der Waals surface area contributed by atoms with Crippen molar-refractivity contribution in [3.8, 4) is 0 Å². The molecule has 4 aromatic carbocycles. The highest BCUT2D eigenvalue weighted by Gasteiger charge is 2.51. The zero-order chi connectivity index (χ0) is 29.8. The monoisotopic (exact) mass is 618 g/mol. The average Bonchev–Trinajstić information content (AvgIpc) is 3.82. The highest BCUT2D eigenvalue weighted by molar-refractivity contribution is 7.24. The van der Waals surface area contributed by atoms with Gasteiger partial charge in [-0.25, -0.2) is 0 Å². The normalized spacial score (nSPS) is 14.6. The Morgan fingerprint density at radius 2 is 1.02 bits per heavy atom. The number of hydrogen-bond acceptors (Lipinski definition) is 2. The van der Waals surface area contributed by atoms with E-state index in [0.717, 1.165) is 12.1 Å². The van der Waals surface area contributed by atoms with E-state index in [2.05, 4.69) is 170 Å². The van der Waals surface area contributed by atoms with Gasteiger partial charge in [0.15, 0.2) is 0 Å². The van der Waals surface area contributed by atoms with E-state index in [1.807, 2.05) is 22.7 Å². The molecule has 44 heavy (non-hydrogen) atoms. The summed E-state index contributed by atoms with van der Waals surface area (Å²) >= 11 is 3.83. The second kappa shape index (κ2) is 12.8. The summed E-state index contributed by atoms with van der Waals surface area (Å²) < 4.78 is 0. The molecule has 6 aromatic rings. The van der Waals surface area contributed by atoms with Crippen molar-refractivity contribution in [2.24, 2.45) is 0 Å². The van der Waals surface area contributed by atoms with Crippen molar-refractivity contribution in [2.45, 2.75) is 19.0 Å². The van der Waals surface area contributed by atoms with Crippen molar-refractivity contribution >= 4 is 58.4 Å². The lowest BCUT2D eigenvalue weighted by molar-refractivity contribution is 1.25. The molecule has 0 aliphatic carbocycles. The van der Waals surface area contributed by atoms with Crippen LogP contribution in [0.1, 0.15) is 43.8 Å². The standard InChI is InChI=1S/C41H34S2Si/c1-2-16-35-26-27-37(43-35)41-39(34-23-13-6-14-24-34)38(33-21-11-5-12-22-33)40(36-25-15-28-42-36)44(41,29-31-17-7-3-8-18-31)30-32-19-9-4-10-20-32/h2-28H,29-30H2,1H3. The molecule has 0 nitrogen and oxygen atoms in total. The zero-order valence-corrected chi connectivity index (χ0v) is 27.5. The Labute approximate surface area is 270 Å². The minimum atomic E-state index is -2.56. The van der Waals surface area contributed by atoms with E-state index in [-0.39, 0.29) is 0 Å². The third kappa shape index (κ3) is 5.44. The van der Waals surface area contributed by atoms with Crippen LogP contribution in [0, 0.1) is 0 Å². The molecule has 2 aromatic heterocycles. The smallest absolute Gasteiger partial charge is 0.131 e. The van der Waals surface area contributed by atoms with Gasteiger partial charge in [-0.15, -0.1) is 22.7 Å². The number of thiophene rings is 2. The van der Waals surface area contributed by atoms with Crippen LogP contribution in [0.25, 0.3) is 27.6 Å². The lowest BCUT2D eigenvalue weighted by Crippen LogP contribution is -2.43. The van der Waals surface area contributed by atoms with Crippen LogP contribution in [0.2, 0.25) is 0 Å². The fourth-order valence-corrected chi connectivity index (χ4v) is 15.5. The Morgan fingerprint density at radius 3 is 1.50 bits per heavy atom. The summed E-state index contributed by atoms with van der Waals surface area (Å²) in [5.41, 5.74) is 8.24. The second-order valence-corrected chi connectivity index (χ2v) is 17.3. The van der Waals surface area contributed by atoms with E-state index in [4.69, 9.17) is 0 Å². The van der Waals surface area contributed by atoms with Gasteiger partial charge in [-0.2, -0.15) is 0 Å². The van der Waals surface area contributed by atoms with Crippen LogP contribution in [0.4, 0.5) is 0 Å². The van der Waals surface area contributed by atoms with Crippen molar-refractivity contribution in [3.05, 3.63) is 194 Å². The molecule has 0 unspecified atom stereocenters. The molecule has 0 amide bonds. The second-order valence-electron chi connectivity index (χ2n) is 11.3. The Bertz CT molecular complexity index is 1890. The summed E-state index contributed by atoms with van der Waals surface area (Å²) in [6.07, 6.45) is 4.40. The van der Waals surface area contributed by atoms with E-state index in [9.17, 15) is 0 Å². The van der Waals surface area contributed by atoms with E-state index >= 15 is 0 Å². The maximum atomic E-state index is 2.40. The molecule has 0 bridgehead atoms. The topological polar surface area (TPSA) is 0 Å². The van der Waals surface area contributed by atoms with Gasteiger partial charge in [0.2, 0.25) is 0 Å². The molecule has 0 saturated heterocycles. The van der Waals surface area contributed by atoms with Crippen molar-refractivity contribution in [3.63, 3.8) is 0 Å². The lowest BCUT2D eigenvalue weighted by Gasteiger charge is -2.34. The predicted octanol–water partition coefficient (Wildman–Crippen LogP) is 11.5. The molecule has 0 atom stereocenters. The van der Waals surface area contributed by atoms with Gasteiger partial charge < -0.3 is 0 Å². The summed E-state index contributed by atoms with van der Waals surface area (Å²) in [6, 6.07) is 56.2. The largest absolute Gasteiger partial charge is 0.145 e. The first-order valence-corrected chi connectivity index (χ1v) is 19.3. The van der Waals surface area contributed by atoms with Gasteiger partial charge in [0.25, 0.3) is 0 Å².